The van der Waals surface area contributed by atoms with Crippen LogP contribution >= 0.6 is 0 Å². The number of fused-ring (bicyclic) bond motifs is 1. The summed E-state index contributed by atoms with van der Waals surface area (Å²) in [6.45, 7) is 7.25. The van der Waals surface area contributed by atoms with Crippen LogP contribution in [0.15, 0.2) is 84.9 Å². The molecule has 7 heteroatoms. The summed E-state index contributed by atoms with van der Waals surface area (Å²) in [6.07, 6.45) is 0. The number of carbonyl (C=O) groups is 1. The van der Waals surface area contributed by atoms with E-state index in [4.69, 9.17) is 14.2 Å². The molecule has 0 aliphatic heterocycles. The number of nitrogens with zero attached hydrogens (tertiary/aromatic N) is 3. The largest absolute Gasteiger partial charge is 0.497 e. The topological polar surface area (TPSA) is 75.5 Å². The summed E-state index contributed by atoms with van der Waals surface area (Å²) in [7, 11) is 3.54. The highest BCUT2D eigenvalue weighted by molar-refractivity contribution is 5.81. The molecule has 2 atom stereocenters. The first-order valence-electron chi connectivity index (χ1n) is 14.1. The van der Waals surface area contributed by atoms with Crippen LogP contribution in [0.4, 0.5) is 0 Å². The Morgan fingerprint density at radius 3 is 2.36 bits per heavy atom. The van der Waals surface area contributed by atoms with E-state index in [2.05, 4.69) is 48.4 Å². The van der Waals surface area contributed by atoms with Crippen LogP contribution in [0.2, 0.25) is 0 Å². The number of hydrogen-bond acceptors (Lipinski definition) is 6. The zero-order chi connectivity index (χ0) is 29.6. The molecule has 0 saturated carbocycles. The van der Waals surface area contributed by atoms with Gasteiger partial charge in [0.1, 0.15) is 17.9 Å². The first kappa shape index (κ1) is 29.0. The molecule has 0 radical (unpaired) electrons. The highest BCUT2D eigenvalue weighted by atomic mass is 16.5. The molecular formula is C35H37N3O4. The molecule has 0 N–H and O–H groups in total. The van der Waals surface area contributed by atoms with Crippen molar-refractivity contribution in [2.24, 2.45) is 13.0 Å². The summed E-state index contributed by atoms with van der Waals surface area (Å²) in [6, 6.07) is 28.1. The lowest BCUT2D eigenvalue weighted by Crippen LogP contribution is -2.24. The van der Waals surface area contributed by atoms with E-state index in [0.717, 1.165) is 55.7 Å². The van der Waals surface area contributed by atoms with Gasteiger partial charge in [-0.25, -0.2) is 4.68 Å². The SMILES string of the molecule is COc1ccc(COCc2cc(C(c3ccc4c(nnn4C)c3C)C(C)C(=O)OCc3ccccc3)ccc2C)cc1. The van der Waals surface area contributed by atoms with Crippen molar-refractivity contribution in [2.75, 3.05) is 7.11 Å². The molecule has 0 aliphatic carbocycles. The minimum atomic E-state index is -0.447. The number of hydrogen-bond donors (Lipinski definition) is 0. The minimum Gasteiger partial charge on any atom is -0.497 e. The molecule has 0 fully saturated rings. The summed E-state index contributed by atoms with van der Waals surface area (Å²) in [5.74, 6) is -0.127. The quantitative estimate of drug-likeness (QED) is 0.164. The lowest BCUT2D eigenvalue weighted by molar-refractivity contribution is -0.149. The second kappa shape index (κ2) is 13.0. The predicted molar refractivity (Wildman–Crippen MR) is 163 cm³/mol. The first-order valence-corrected chi connectivity index (χ1v) is 14.1. The zero-order valence-electron chi connectivity index (χ0n) is 24.8. The Morgan fingerprint density at radius 2 is 1.62 bits per heavy atom. The lowest BCUT2D eigenvalue weighted by Gasteiger charge is -2.26. The smallest absolute Gasteiger partial charge is 0.309 e. The van der Waals surface area contributed by atoms with Crippen LogP contribution in [0, 0.1) is 19.8 Å². The number of ether oxygens (including phenoxy) is 3. The van der Waals surface area contributed by atoms with Gasteiger partial charge in [-0.05, 0) is 71.0 Å². The number of rotatable bonds is 11. The van der Waals surface area contributed by atoms with E-state index < -0.39 is 5.92 Å². The van der Waals surface area contributed by atoms with E-state index in [1.807, 2.05) is 74.6 Å². The van der Waals surface area contributed by atoms with E-state index in [9.17, 15) is 4.79 Å². The first-order chi connectivity index (χ1) is 20.4. The summed E-state index contributed by atoms with van der Waals surface area (Å²) < 4.78 is 19.0. The maximum absolute atomic E-state index is 13.5. The highest BCUT2D eigenvalue weighted by Crippen LogP contribution is 2.37. The van der Waals surface area contributed by atoms with Crippen LogP contribution in [0.25, 0.3) is 11.0 Å². The van der Waals surface area contributed by atoms with Gasteiger partial charge in [0, 0.05) is 13.0 Å². The molecule has 1 aromatic heterocycles. The predicted octanol–water partition coefficient (Wildman–Crippen LogP) is 6.82. The molecule has 2 unspecified atom stereocenters. The molecule has 0 amide bonds. The molecule has 5 rings (SSSR count). The number of aromatic nitrogens is 3. The molecule has 5 aromatic rings. The maximum atomic E-state index is 13.5. The summed E-state index contributed by atoms with van der Waals surface area (Å²) in [4.78, 5) is 13.5. The van der Waals surface area contributed by atoms with Gasteiger partial charge in [0.2, 0.25) is 0 Å². The van der Waals surface area contributed by atoms with E-state index in [1.54, 1.807) is 11.8 Å². The number of aryl methyl sites for hydroxylation is 3. The number of carbonyl (C=O) groups excluding carboxylic acids is 1. The molecular weight excluding hydrogens is 526 g/mol. The average molecular weight is 564 g/mol. The van der Waals surface area contributed by atoms with Crippen molar-refractivity contribution in [1.29, 1.82) is 0 Å². The van der Waals surface area contributed by atoms with Crippen LogP contribution < -0.4 is 4.74 Å². The van der Waals surface area contributed by atoms with Gasteiger partial charge in [0.05, 0.1) is 31.8 Å². The molecule has 7 nitrogen and oxygen atoms in total. The molecule has 0 bridgehead atoms. The van der Waals surface area contributed by atoms with Crippen molar-refractivity contribution in [3.63, 3.8) is 0 Å². The Labute approximate surface area is 247 Å². The lowest BCUT2D eigenvalue weighted by atomic mass is 9.79. The highest BCUT2D eigenvalue weighted by Gasteiger charge is 2.31. The van der Waals surface area contributed by atoms with Crippen molar-refractivity contribution in [3.8, 4) is 5.75 Å². The van der Waals surface area contributed by atoms with E-state index >= 15 is 0 Å². The van der Waals surface area contributed by atoms with E-state index in [0.29, 0.717) is 13.2 Å². The van der Waals surface area contributed by atoms with Crippen LogP contribution in [0.1, 0.15) is 51.8 Å². The van der Waals surface area contributed by atoms with E-state index in [-0.39, 0.29) is 18.5 Å². The Bertz CT molecular complexity index is 1660. The second-order valence-corrected chi connectivity index (χ2v) is 10.7. The van der Waals surface area contributed by atoms with Crippen molar-refractivity contribution in [1.82, 2.24) is 15.0 Å². The van der Waals surface area contributed by atoms with Gasteiger partial charge in [-0.3, -0.25) is 4.79 Å². The normalized spacial score (nSPS) is 12.7. The number of methoxy groups -OCH3 is 1. The fourth-order valence-electron chi connectivity index (χ4n) is 5.36. The Kier molecular flexibility index (Phi) is 8.98. The Hall–Kier alpha value is -4.49. The van der Waals surface area contributed by atoms with Gasteiger partial charge in [-0.1, -0.05) is 78.9 Å². The van der Waals surface area contributed by atoms with Gasteiger partial charge in [0.25, 0.3) is 0 Å². The molecule has 4 aromatic carbocycles. The fraction of sp³-hybridized carbons (Fsp3) is 0.286. The van der Waals surface area contributed by atoms with Crippen LogP contribution in [-0.4, -0.2) is 28.1 Å². The third-order valence-electron chi connectivity index (χ3n) is 7.93. The van der Waals surface area contributed by atoms with Gasteiger partial charge >= 0.3 is 5.97 Å². The third kappa shape index (κ3) is 6.37. The molecule has 42 heavy (non-hydrogen) atoms. The van der Waals surface area contributed by atoms with Crippen LogP contribution in [0.3, 0.4) is 0 Å². The molecule has 0 saturated heterocycles. The standard InChI is InChI=1S/C35H37N3O4/c1-23-11-14-28(19-29(23)22-41-20-27-12-15-30(40-5)16-13-27)33(25(3)35(39)42-21-26-9-7-6-8-10-26)31-17-18-32-34(24(31)2)36-37-38(32)4/h6-19,25,33H,20-22H2,1-5H3. The molecule has 216 valence electrons. The summed E-state index contributed by atoms with van der Waals surface area (Å²) in [5.41, 5.74) is 9.09. The zero-order valence-corrected chi connectivity index (χ0v) is 24.8. The third-order valence-corrected chi connectivity index (χ3v) is 7.93. The van der Waals surface area contributed by atoms with Crippen molar-refractivity contribution < 1.29 is 19.0 Å². The van der Waals surface area contributed by atoms with Crippen LogP contribution in [-0.2, 0) is 41.1 Å². The fourth-order valence-corrected chi connectivity index (χ4v) is 5.36. The molecule has 1 heterocycles. The average Bonchev–Trinajstić information content (AvgIpc) is 3.40. The summed E-state index contributed by atoms with van der Waals surface area (Å²) in [5, 5.41) is 8.63. The van der Waals surface area contributed by atoms with Crippen molar-refractivity contribution >= 4 is 17.0 Å². The van der Waals surface area contributed by atoms with Gasteiger partial charge in [-0.2, -0.15) is 0 Å². The number of benzene rings is 4. The molecule has 0 spiro atoms. The van der Waals surface area contributed by atoms with E-state index in [1.165, 1.54) is 0 Å². The second-order valence-electron chi connectivity index (χ2n) is 10.7. The number of esters is 1. The van der Waals surface area contributed by atoms with Gasteiger partial charge in [0.15, 0.2) is 0 Å². The van der Waals surface area contributed by atoms with Crippen molar-refractivity contribution in [2.45, 2.75) is 46.5 Å². The summed E-state index contributed by atoms with van der Waals surface area (Å²) >= 11 is 0. The van der Waals surface area contributed by atoms with Gasteiger partial charge < -0.3 is 14.2 Å². The maximum Gasteiger partial charge on any atom is 0.309 e. The van der Waals surface area contributed by atoms with Crippen LogP contribution in [0.5, 0.6) is 5.75 Å². The molecule has 0 aliphatic rings. The minimum absolute atomic E-state index is 0.233. The van der Waals surface area contributed by atoms with Gasteiger partial charge in [-0.15, -0.1) is 5.10 Å². The van der Waals surface area contributed by atoms with Crippen molar-refractivity contribution in [3.05, 3.63) is 124 Å². The Morgan fingerprint density at radius 1 is 0.881 bits per heavy atom. The Balaban J connectivity index is 1.43. The monoisotopic (exact) mass is 563 g/mol.